The van der Waals surface area contributed by atoms with Crippen molar-refractivity contribution in [3.63, 3.8) is 0 Å². The van der Waals surface area contributed by atoms with Crippen LogP contribution in [0.15, 0.2) is 52.7 Å². The maximum Gasteiger partial charge on any atom is 0.246 e. The highest BCUT2D eigenvalue weighted by Crippen LogP contribution is 2.31. The smallest absolute Gasteiger partial charge is 0.246 e. The molecule has 0 saturated heterocycles. The van der Waals surface area contributed by atoms with Crippen molar-refractivity contribution < 1.29 is 22.3 Å². The van der Waals surface area contributed by atoms with E-state index in [0.717, 1.165) is 23.1 Å². The maximum atomic E-state index is 13.7. The Morgan fingerprint density at radius 1 is 1.04 bits per heavy atom. The van der Waals surface area contributed by atoms with Crippen molar-refractivity contribution in [2.75, 3.05) is 0 Å². The Morgan fingerprint density at radius 3 is 2.40 bits per heavy atom. The summed E-state index contributed by atoms with van der Waals surface area (Å²) in [6.45, 7) is -0.127. The van der Waals surface area contributed by atoms with E-state index >= 15 is 0 Å². The minimum absolute atomic E-state index is 0.127. The Kier molecular flexibility index (Phi) is 5.30. The van der Waals surface area contributed by atoms with E-state index in [1.165, 1.54) is 22.7 Å². The first-order valence-electron chi connectivity index (χ1n) is 7.12. The molecule has 3 aromatic rings. The van der Waals surface area contributed by atoms with Crippen LogP contribution in [0.5, 0.6) is 0 Å². The van der Waals surface area contributed by atoms with E-state index in [-0.39, 0.29) is 6.54 Å². The third kappa shape index (κ3) is 3.96. The predicted octanol–water partition coefficient (Wildman–Crippen LogP) is 3.65. The number of nitrogens with one attached hydrogen (secondary N) is 1. The van der Waals surface area contributed by atoms with Crippen LogP contribution in [-0.2, 0) is 16.6 Å². The highest BCUT2D eigenvalue weighted by atomic mass is 32.2. The molecule has 3 rings (SSSR count). The van der Waals surface area contributed by atoms with Gasteiger partial charge in [0.2, 0.25) is 10.0 Å². The molecule has 1 atom stereocenters. The molecule has 0 bridgehead atoms. The molecule has 0 spiro atoms. The molecular formula is C16H13F2NO3S3. The average Bonchev–Trinajstić information content (AvgIpc) is 3.24. The lowest BCUT2D eigenvalue weighted by Gasteiger charge is -2.08. The van der Waals surface area contributed by atoms with Crippen molar-refractivity contribution in [3.05, 3.63) is 74.1 Å². The zero-order chi connectivity index (χ0) is 18.0. The summed E-state index contributed by atoms with van der Waals surface area (Å²) in [4.78, 5) is 1.06. The zero-order valence-electron chi connectivity index (χ0n) is 12.6. The Morgan fingerprint density at radius 2 is 1.76 bits per heavy atom. The molecule has 4 nitrogen and oxygen atoms in total. The van der Waals surface area contributed by atoms with Gasteiger partial charge in [-0.3, -0.25) is 0 Å². The molecule has 132 valence electrons. The van der Waals surface area contributed by atoms with Crippen LogP contribution in [0, 0.1) is 11.6 Å². The maximum absolute atomic E-state index is 13.7. The number of thiophene rings is 2. The first-order chi connectivity index (χ1) is 11.9. The zero-order valence-corrected chi connectivity index (χ0v) is 15.1. The number of hydrogen-bond acceptors (Lipinski definition) is 5. The van der Waals surface area contributed by atoms with Crippen molar-refractivity contribution in [2.45, 2.75) is 17.5 Å². The lowest BCUT2D eigenvalue weighted by atomic mass is 10.2. The topological polar surface area (TPSA) is 66.4 Å². The third-order valence-electron chi connectivity index (χ3n) is 3.39. The second-order valence-electron chi connectivity index (χ2n) is 5.10. The molecule has 2 heterocycles. The van der Waals surface area contributed by atoms with Gasteiger partial charge in [0, 0.05) is 21.2 Å². The molecule has 1 unspecified atom stereocenters. The first-order valence-corrected chi connectivity index (χ1v) is 10.3. The van der Waals surface area contributed by atoms with Gasteiger partial charge in [-0.15, -0.1) is 22.7 Å². The van der Waals surface area contributed by atoms with Crippen molar-refractivity contribution in [1.29, 1.82) is 0 Å². The van der Waals surface area contributed by atoms with E-state index in [0.29, 0.717) is 9.75 Å². The molecule has 0 aliphatic heterocycles. The van der Waals surface area contributed by atoms with Gasteiger partial charge in [0.1, 0.15) is 17.7 Å². The largest absolute Gasteiger partial charge is 0.382 e. The van der Waals surface area contributed by atoms with Gasteiger partial charge in [0.05, 0.1) is 0 Å². The van der Waals surface area contributed by atoms with Crippen molar-refractivity contribution in [2.24, 2.45) is 0 Å². The lowest BCUT2D eigenvalue weighted by molar-refractivity contribution is 0.228. The number of rotatable bonds is 6. The minimum atomic E-state index is -4.33. The fourth-order valence-corrected chi connectivity index (χ4v) is 5.19. The van der Waals surface area contributed by atoms with E-state index in [1.807, 2.05) is 11.4 Å². The molecule has 0 saturated carbocycles. The minimum Gasteiger partial charge on any atom is -0.382 e. The summed E-state index contributed by atoms with van der Waals surface area (Å²) in [5.41, 5.74) is 0. The van der Waals surface area contributed by atoms with Crippen LogP contribution in [0.25, 0.3) is 0 Å². The Bertz CT molecular complexity index is 948. The van der Waals surface area contributed by atoms with Crippen LogP contribution in [0.3, 0.4) is 0 Å². The monoisotopic (exact) mass is 401 g/mol. The summed E-state index contributed by atoms with van der Waals surface area (Å²) in [5, 5.41) is 12.1. The first kappa shape index (κ1) is 18.2. The summed E-state index contributed by atoms with van der Waals surface area (Å²) in [7, 11) is -4.33. The number of halogens is 2. The van der Waals surface area contributed by atoms with Crippen molar-refractivity contribution in [3.8, 4) is 0 Å². The van der Waals surface area contributed by atoms with Gasteiger partial charge in [0.15, 0.2) is 4.90 Å². The third-order valence-corrected chi connectivity index (χ3v) is 6.90. The molecule has 1 aromatic carbocycles. The molecule has 2 aromatic heterocycles. The second-order valence-corrected chi connectivity index (χ2v) is 8.98. The van der Waals surface area contributed by atoms with Crippen molar-refractivity contribution in [1.82, 2.24) is 4.72 Å². The fraction of sp³-hybridized carbons (Fsp3) is 0.125. The molecule has 2 N–H and O–H groups in total. The summed E-state index contributed by atoms with van der Waals surface area (Å²) in [5.74, 6) is -2.29. The van der Waals surface area contributed by atoms with E-state index in [4.69, 9.17) is 0 Å². The molecule has 25 heavy (non-hydrogen) atoms. The Labute approximate surface area is 151 Å². The normalized spacial score (nSPS) is 13.1. The Balaban J connectivity index is 1.74. The Hall–Kier alpha value is -1.65. The van der Waals surface area contributed by atoms with Gasteiger partial charge in [-0.1, -0.05) is 12.1 Å². The molecule has 0 amide bonds. The van der Waals surface area contributed by atoms with E-state index in [1.54, 1.807) is 18.2 Å². The number of hydrogen-bond donors (Lipinski definition) is 2. The molecule has 9 heteroatoms. The van der Waals surface area contributed by atoms with Crippen LogP contribution in [0.4, 0.5) is 8.78 Å². The van der Waals surface area contributed by atoms with Gasteiger partial charge in [0.25, 0.3) is 0 Å². The van der Waals surface area contributed by atoms with E-state index in [2.05, 4.69) is 4.72 Å². The number of aliphatic hydroxyl groups is 1. The van der Waals surface area contributed by atoms with Crippen LogP contribution in [0.2, 0.25) is 0 Å². The van der Waals surface area contributed by atoms with Gasteiger partial charge in [-0.05, 0) is 35.7 Å². The summed E-state index contributed by atoms with van der Waals surface area (Å²) in [6.07, 6.45) is -0.778. The van der Waals surface area contributed by atoms with Crippen LogP contribution in [0.1, 0.15) is 20.7 Å². The fourth-order valence-electron chi connectivity index (χ4n) is 2.20. The quantitative estimate of drug-likeness (QED) is 0.663. The molecular weight excluding hydrogens is 388 g/mol. The number of benzene rings is 1. The molecule has 0 aliphatic rings. The molecule has 0 radical (unpaired) electrons. The van der Waals surface area contributed by atoms with Gasteiger partial charge in [-0.25, -0.2) is 21.9 Å². The van der Waals surface area contributed by atoms with Crippen LogP contribution < -0.4 is 4.72 Å². The van der Waals surface area contributed by atoms with Crippen LogP contribution >= 0.6 is 22.7 Å². The lowest BCUT2D eigenvalue weighted by Crippen LogP contribution is -2.24. The average molecular weight is 401 g/mol. The second kappa shape index (κ2) is 7.30. The van der Waals surface area contributed by atoms with Gasteiger partial charge < -0.3 is 5.11 Å². The van der Waals surface area contributed by atoms with Gasteiger partial charge in [-0.2, -0.15) is 0 Å². The number of sulfonamides is 1. The van der Waals surface area contributed by atoms with E-state index < -0.39 is 32.7 Å². The van der Waals surface area contributed by atoms with E-state index in [9.17, 15) is 22.3 Å². The summed E-state index contributed by atoms with van der Waals surface area (Å²) >= 11 is 2.64. The standard InChI is InChI=1S/C16H13F2NO3S3/c17-11-3-1-4-12(18)16(11)25(21,22)19-9-10-6-7-14(24-10)15(20)13-5-2-8-23-13/h1-8,15,19-20H,9H2. The summed E-state index contributed by atoms with van der Waals surface area (Å²) < 4.78 is 53.8. The molecule has 0 fully saturated rings. The molecule has 0 aliphatic carbocycles. The van der Waals surface area contributed by atoms with Crippen LogP contribution in [-0.4, -0.2) is 13.5 Å². The highest BCUT2D eigenvalue weighted by molar-refractivity contribution is 7.89. The highest BCUT2D eigenvalue weighted by Gasteiger charge is 2.24. The predicted molar refractivity (Wildman–Crippen MR) is 93.1 cm³/mol. The number of aliphatic hydroxyl groups excluding tert-OH is 1. The SMILES string of the molecule is O=S(=O)(NCc1ccc(C(O)c2cccs2)s1)c1c(F)cccc1F. The van der Waals surface area contributed by atoms with Gasteiger partial charge >= 0.3 is 0 Å². The van der Waals surface area contributed by atoms with Crippen molar-refractivity contribution >= 4 is 32.7 Å². The summed E-state index contributed by atoms with van der Waals surface area (Å²) in [6, 6.07) is 9.87.